The molecule has 0 bridgehead atoms. The molecule has 2 fully saturated rings. The van der Waals surface area contributed by atoms with Crippen LogP contribution in [0.25, 0.3) is 0 Å². The fourth-order valence-corrected chi connectivity index (χ4v) is 4.55. The topological polar surface area (TPSA) is 88.2 Å². The van der Waals surface area contributed by atoms with E-state index in [9.17, 15) is 4.79 Å². The minimum atomic E-state index is 0.154. The van der Waals surface area contributed by atoms with Gasteiger partial charge >= 0.3 is 0 Å². The number of likely N-dealkylation sites (tertiary alicyclic amines) is 2. The Morgan fingerprint density at radius 1 is 1.14 bits per heavy atom. The number of aryl methyl sites for hydroxylation is 1. The zero-order valence-corrected chi connectivity index (χ0v) is 16.5. The Hall–Kier alpha value is -2.54. The predicted molar refractivity (Wildman–Crippen MR) is 107 cm³/mol. The maximum atomic E-state index is 12.5. The molecule has 0 aromatic carbocycles. The number of aromatic nitrogens is 3. The van der Waals surface area contributed by atoms with Crippen molar-refractivity contribution in [2.45, 2.75) is 45.7 Å². The molecule has 7 heteroatoms. The zero-order chi connectivity index (χ0) is 19.6. The SMILES string of the molecule is Cc1cnc(CN2C[C@]3(CCCN(Cc4cccnc4N)C3)CCC2=O)cn1. The van der Waals surface area contributed by atoms with Crippen molar-refractivity contribution in [2.75, 3.05) is 25.4 Å². The van der Waals surface area contributed by atoms with E-state index in [0.29, 0.717) is 18.8 Å². The number of rotatable bonds is 4. The summed E-state index contributed by atoms with van der Waals surface area (Å²) in [5, 5.41) is 0. The Morgan fingerprint density at radius 2 is 2.04 bits per heavy atom. The maximum Gasteiger partial charge on any atom is 0.222 e. The fourth-order valence-electron chi connectivity index (χ4n) is 4.55. The van der Waals surface area contributed by atoms with Gasteiger partial charge in [-0.3, -0.25) is 19.7 Å². The van der Waals surface area contributed by atoms with E-state index in [4.69, 9.17) is 5.73 Å². The first-order valence-electron chi connectivity index (χ1n) is 10.0. The average molecular weight is 380 g/mol. The average Bonchev–Trinajstić information content (AvgIpc) is 2.69. The normalized spacial score (nSPS) is 23.3. The highest BCUT2D eigenvalue weighted by atomic mass is 16.2. The quantitative estimate of drug-likeness (QED) is 0.874. The van der Waals surface area contributed by atoms with Gasteiger partial charge in [0.15, 0.2) is 0 Å². The molecule has 7 nitrogen and oxygen atoms in total. The highest BCUT2D eigenvalue weighted by Crippen LogP contribution is 2.39. The van der Waals surface area contributed by atoms with Gasteiger partial charge in [-0.05, 0) is 38.8 Å². The van der Waals surface area contributed by atoms with Crippen LogP contribution in [-0.2, 0) is 17.9 Å². The summed E-state index contributed by atoms with van der Waals surface area (Å²) in [5.41, 5.74) is 9.02. The van der Waals surface area contributed by atoms with E-state index in [2.05, 4.69) is 25.9 Å². The van der Waals surface area contributed by atoms with Gasteiger partial charge in [-0.15, -0.1) is 0 Å². The molecule has 4 heterocycles. The molecule has 148 valence electrons. The fraction of sp³-hybridized carbons (Fsp3) is 0.524. The van der Waals surface area contributed by atoms with Crippen molar-refractivity contribution in [1.82, 2.24) is 24.8 Å². The van der Waals surface area contributed by atoms with Crippen molar-refractivity contribution in [3.05, 3.63) is 47.7 Å². The van der Waals surface area contributed by atoms with Crippen LogP contribution in [-0.4, -0.2) is 50.3 Å². The van der Waals surface area contributed by atoms with Crippen LogP contribution in [0, 0.1) is 12.3 Å². The van der Waals surface area contributed by atoms with Gasteiger partial charge in [0.25, 0.3) is 0 Å². The Morgan fingerprint density at radius 3 is 2.82 bits per heavy atom. The number of carbonyl (C=O) groups excluding carboxylic acids is 1. The van der Waals surface area contributed by atoms with E-state index in [-0.39, 0.29) is 11.3 Å². The molecule has 2 N–H and O–H groups in total. The van der Waals surface area contributed by atoms with Gasteiger partial charge in [-0.1, -0.05) is 6.07 Å². The van der Waals surface area contributed by atoms with Crippen molar-refractivity contribution in [3.63, 3.8) is 0 Å². The van der Waals surface area contributed by atoms with Crippen LogP contribution >= 0.6 is 0 Å². The molecule has 28 heavy (non-hydrogen) atoms. The van der Waals surface area contributed by atoms with E-state index < -0.39 is 0 Å². The van der Waals surface area contributed by atoms with Crippen molar-refractivity contribution in [2.24, 2.45) is 5.41 Å². The number of nitrogens with two attached hydrogens (primary N) is 1. The number of hydrogen-bond acceptors (Lipinski definition) is 6. The van der Waals surface area contributed by atoms with Crippen LogP contribution in [0.3, 0.4) is 0 Å². The van der Waals surface area contributed by atoms with Gasteiger partial charge in [0.05, 0.1) is 24.1 Å². The second kappa shape index (κ2) is 7.83. The molecule has 1 amide bonds. The third-order valence-electron chi connectivity index (χ3n) is 6.00. The van der Waals surface area contributed by atoms with E-state index >= 15 is 0 Å². The van der Waals surface area contributed by atoms with Crippen LogP contribution < -0.4 is 5.73 Å². The highest BCUT2D eigenvalue weighted by Gasteiger charge is 2.41. The molecular formula is C21H28N6O. The zero-order valence-electron chi connectivity index (χ0n) is 16.5. The van der Waals surface area contributed by atoms with Crippen molar-refractivity contribution < 1.29 is 4.79 Å². The summed E-state index contributed by atoms with van der Waals surface area (Å²) < 4.78 is 0. The van der Waals surface area contributed by atoms with Crippen molar-refractivity contribution in [3.8, 4) is 0 Å². The minimum Gasteiger partial charge on any atom is -0.383 e. The molecule has 1 spiro atoms. The van der Waals surface area contributed by atoms with Crippen LogP contribution in [0.5, 0.6) is 0 Å². The van der Waals surface area contributed by atoms with E-state index in [1.807, 2.05) is 17.9 Å². The Labute approximate surface area is 166 Å². The summed E-state index contributed by atoms with van der Waals surface area (Å²) in [6, 6.07) is 3.99. The first kappa shape index (κ1) is 18.8. The van der Waals surface area contributed by atoms with Crippen molar-refractivity contribution in [1.29, 1.82) is 0 Å². The lowest BCUT2D eigenvalue weighted by Crippen LogP contribution is -2.53. The van der Waals surface area contributed by atoms with E-state index in [1.54, 1.807) is 18.6 Å². The maximum absolute atomic E-state index is 12.5. The number of carbonyl (C=O) groups is 1. The molecule has 4 rings (SSSR count). The van der Waals surface area contributed by atoms with Crippen LogP contribution in [0.15, 0.2) is 30.7 Å². The minimum absolute atomic E-state index is 0.154. The van der Waals surface area contributed by atoms with Crippen LogP contribution in [0.4, 0.5) is 5.82 Å². The summed E-state index contributed by atoms with van der Waals surface area (Å²) in [5.74, 6) is 0.835. The number of amides is 1. The van der Waals surface area contributed by atoms with E-state index in [0.717, 1.165) is 62.4 Å². The number of nitrogen functional groups attached to an aromatic ring is 1. The van der Waals surface area contributed by atoms with Crippen LogP contribution in [0.2, 0.25) is 0 Å². The number of anilines is 1. The standard InChI is InChI=1S/C21H28N6O/c1-16-10-25-18(11-24-16)13-27-15-21(7-5-19(27)28)6-3-9-26(14-21)12-17-4-2-8-23-20(17)22/h2,4,8,10-11H,3,5-7,9,12-15H2,1H3,(H2,22,23)/t21-/m1/s1. The number of piperidine rings is 2. The second-order valence-electron chi connectivity index (χ2n) is 8.26. The summed E-state index contributed by atoms with van der Waals surface area (Å²) in [7, 11) is 0. The van der Waals surface area contributed by atoms with Gasteiger partial charge in [0.2, 0.25) is 5.91 Å². The first-order chi connectivity index (χ1) is 13.5. The molecule has 2 aliphatic rings. The number of hydrogen-bond donors (Lipinski definition) is 1. The van der Waals surface area contributed by atoms with Gasteiger partial charge in [-0.25, -0.2) is 4.98 Å². The predicted octanol–water partition coefficient (Wildman–Crippen LogP) is 2.17. The lowest BCUT2D eigenvalue weighted by molar-refractivity contribution is -0.140. The van der Waals surface area contributed by atoms with Crippen LogP contribution in [0.1, 0.15) is 42.6 Å². The van der Waals surface area contributed by atoms with Gasteiger partial charge in [0.1, 0.15) is 5.82 Å². The third-order valence-corrected chi connectivity index (χ3v) is 6.00. The molecule has 0 aliphatic carbocycles. The van der Waals surface area contributed by atoms with Crippen molar-refractivity contribution >= 4 is 11.7 Å². The summed E-state index contributed by atoms with van der Waals surface area (Å²) >= 11 is 0. The first-order valence-corrected chi connectivity index (χ1v) is 10.0. The van der Waals surface area contributed by atoms with Gasteiger partial charge in [-0.2, -0.15) is 0 Å². The molecule has 1 atom stereocenters. The number of nitrogens with zero attached hydrogens (tertiary/aromatic N) is 5. The molecule has 0 saturated carbocycles. The summed E-state index contributed by atoms with van der Waals surface area (Å²) in [6.45, 7) is 6.13. The Bertz CT molecular complexity index is 839. The number of pyridine rings is 1. The second-order valence-corrected chi connectivity index (χ2v) is 8.26. The highest BCUT2D eigenvalue weighted by molar-refractivity contribution is 5.77. The molecular weight excluding hydrogens is 352 g/mol. The van der Waals surface area contributed by atoms with Gasteiger partial charge < -0.3 is 10.6 Å². The largest absolute Gasteiger partial charge is 0.383 e. The van der Waals surface area contributed by atoms with Gasteiger partial charge in [0, 0.05) is 49.4 Å². The lowest BCUT2D eigenvalue weighted by Gasteiger charge is -2.48. The molecule has 2 saturated heterocycles. The molecule has 0 radical (unpaired) electrons. The molecule has 0 unspecified atom stereocenters. The monoisotopic (exact) mass is 380 g/mol. The Balaban J connectivity index is 1.45. The Kier molecular flexibility index (Phi) is 5.26. The smallest absolute Gasteiger partial charge is 0.222 e. The third kappa shape index (κ3) is 4.14. The lowest BCUT2D eigenvalue weighted by atomic mass is 9.73. The summed E-state index contributed by atoms with van der Waals surface area (Å²) in [6.07, 6.45) is 9.16. The summed E-state index contributed by atoms with van der Waals surface area (Å²) in [4.78, 5) is 30.0. The van der Waals surface area contributed by atoms with E-state index in [1.165, 1.54) is 0 Å². The molecule has 2 aliphatic heterocycles. The molecule has 2 aromatic heterocycles. The molecule has 2 aromatic rings.